The van der Waals surface area contributed by atoms with E-state index in [0.29, 0.717) is 18.9 Å². The van der Waals surface area contributed by atoms with E-state index >= 15 is 0 Å². The lowest BCUT2D eigenvalue weighted by Gasteiger charge is -2.11. The van der Waals surface area contributed by atoms with Gasteiger partial charge < -0.3 is 15.5 Å². The lowest BCUT2D eigenvalue weighted by atomic mass is 10.1. The highest BCUT2D eigenvalue weighted by Gasteiger charge is 2.16. The topological polar surface area (TPSA) is 81.0 Å². The van der Waals surface area contributed by atoms with Crippen LogP contribution in [0, 0.1) is 5.92 Å². The zero-order valence-electron chi connectivity index (χ0n) is 9.77. The number of hydrogen-bond donors (Lipinski definition) is 2. The van der Waals surface area contributed by atoms with E-state index in [1.165, 1.54) is 0 Å². The molecule has 1 aromatic heterocycles. The molecule has 0 amide bonds. The van der Waals surface area contributed by atoms with E-state index in [-0.39, 0.29) is 5.97 Å². The van der Waals surface area contributed by atoms with Crippen molar-refractivity contribution in [3.8, 4) is 0 Å². The maximum absolute atomic E-state index is 11.5. The first-order chi connectivity index (χ1) is 7.59. The molecule has 0 aliphatic heterocycles. The van der Waals surface area contributed by atoms with Crippen molar-refractivity contribution in [2.24, 2.45) is 11.7 Å². The molecule has 1 aromatic rings. The summed E-state index contributed by atoms with van der Waals surface area (Å²) in [6.07, 6.45) is 4.51. The third-order valence-electron chi connectivity index (χ3n) is 2.24. The van der Waals surface area contributed by atoms with Gasteiger partial charge >= 0.3 is 5.97 Å². The van der Waals surface area contributed by atoms with Crippen LogP contribution in [0.15, 0.2) is 12.5 Å². The summed E-state index contributed by atoms with van der Waals surface area (Å²) in [5, 5.41) is 0. The van der Waals surface area contributed by atoms with Crippen LogP contribution in [-0.4, -0.2) is 28.6 Å². The Hall–Kier alpha value is -1.36. The molecule has 1 unspecified atom stereocenters. The highest BCUT2D eigenvalue weighted by molar-refractivity contribution is 5.75. The van der Waals surface area contributed by atoms with Gasteiger partial charge in [-0.2, -0.15) is 0 Å². The number of nitrogens with two attached hydrogens (primary N) is 1. The fraction of sp³-hybridized carbons (Fsp3) is 0.636. The van der Waals surface area contributed by atoms with Gasteiger partial charge in [-0.15, -0.1) is 0 Å². The zero-order valence-corrected chi connectivity index (χ0v) is 9.77. The monoisotopic (exact) mass is 225 g/mol. The summed E-state index contributed by atoms with van der Waals surface area (Å²) < 4.78 is 5.07. The highest BCUT2D eigenvalue weighted by atomic mass is 16.5. The third-order valence-corrected chi connectivity index (χ3v) is 2.24. The normalized spacial score (nSPS) is 12.8. The number of nitrogens with zero attached hydrogens (tertiary/aromatic N) is 1. The van der Waals surface area contributed by atoms with E-state index in [9.17, 15) is 4.79 Å². The summed E-state index contributed by atoms with van der Waals surface area (Å²) in [4.78, 5) is 18.2. The number of nitrogens with one attached hydrogen (secondary N) is 1. The first-order valence-electron chi connectivity index (χ1n) is 5.49. The van der Waals surface area contributed by atoms with Crippen LogP contribution in [0.1, 0.15) is 26.0 Å². The van der Waals surface area contributed by atoms with E-state index in [4.69, 9.17) is 10.5 Å². The minimum Gasteiger partial charge on any atom is -0.465 e. The quantitative estimate of drug-likeness (QED) is 0.704. The van der Waals surface area contributed by atoms with Crippen LogP contribution in [0.25, 0.3) is 0 Å². The van der Waals surface area contributed by atoms with Crippen LogP contribution in [0.2, 0.25) is 0 Å². The van der Waals surface area contributed by atoms with Gasteiger partial charge in [0.2, 0.25) is 0 Å². The molecule has 0 aliphatic rings. The van der Waals surface area contributed by atoms with Crippen molar-refractivity contribution in [3.63, 3.8) is 0 Å². The number of H-pyrrole nitrogens is 1. The number of rotatable bonds is 6. The number of aromatic nitrogens is 2. The summed E-state index contributed by atoms with van der Waals surface area (Å²) in [7, 11) is 0. The fourth-order valence-electron chi connectivity index (χ4n) is 1.22. The average molecular weight is 225 g/mol. The van der Waals surface area contributed by atoms with Crippen molar-refractivity contribution in [3.05, 3.63) is 18.2 Å². The predicted octanol–water partition coefficient (Wildman–Crippen LogP) is 0.869. The van der Waals surface area contributed by atoms with E-state index in [1.54, 1.807) is 12.5 Å². The summed E-state index contributed by atoms with van der Waals surface area (Å²) >= 11 is 0. The molecule has 0 aliphatic carbocycles. The highest BCUT2D eigenvalue weighted by Crippen LogP contribution is 2.02. The Morgan fingerprint density at radius 1 is 1.62 bits per heavy atom. The van der Waals surface area contributed by atoms with Crippen LogP contribution in [0.3, 0.4) is 0 Å². The smallest absolute Gasteiger partial charge is 0.323 e. The molecule has 0 spiro atoms. The molecule has 1 atom stereocenters. The van der Waals surface area contributed by atoms with Crippen molar-refractivity contribution < 1.29 is 9.53 Å². The van der Waals surface area contributed by atoms with Gasteiger partial charge in [-0.3, -0.25) is 4.79 Å². The zero-order chi connectivity index (χ0) is 12.0. The average Bonchev–Trinajstić information content (AvgIpc) is 2.69. The van der Waals surface area contributed by atoms with Gasteiger partial charge in [0, 0.05) is 18.3 Å². The Kier molecular flexibility index (Phi) is 4.98. The van der Waals surface area contributed by atoms with Crippen molar-refractivity contribution in [2.45, 2.75) is 32.7 Å². The second-order valence-corrected chi connectivity index (χ2v) is 4.24. The van der Waals surface area contributed by atoms with Crippen LogP contribution >= 0.6 is 0 Å². The molecule has 0 saturated carbocycles. The second-order valence-electron chi connectivity index (χ2n) is 4.24. The second kappa shape index (κ2) is 6.27. The third kappa shape index (κ3) is 4.44. The Morgan fingerprint density at radius 3 is 2.94 bits per heavy atom. The minimum atomic E-state index is -0.618. The lowest BCUT2D eigenvalue weighted by Crippen LogP contribution is -2.34. The predicted molar refractivity (Wildman–Crippen MR) is 60.7 cm³/mol. The van der Waals surface area contributed by atoms with Gasteiger partial charge in [-0.25, -0.2) is 4.98 Å². The molecule has 5 nitrogen and oxygen atoms in total. The summed E-state index contributed by atoms with van der Waals surface area (Å²) in [5.74, 6) is 0.173. The molecule has 3 N–H and O–H groups in total. The van der Waals surface area contributed by atoms with Crippen molar-refractivity contribution in [2.75, 3.05) is 6.61 Å². The fourth-order valence-corrected chi connectivity index (χ4v) is 1.22. The van der Waals surface area contributed by atoms with E-state index in [0.717, 1.165) is 12.1 Å². The van der Waals surface area contributed by atoms with Gasteiger partial charge in [0.15, 0.2) is 0 Å². The van der Waals surface area contributed by atoms with E-state index < -0.39 is 6.04 Å². The Balaban J connectivity index is 2.25. The van der Waals surface area contributed by atoms with Crippen molar-refractivity contribution in [1.82, 2.24) is 9.97 Å². The summed E-state index contributed by atoms with van der Waals surface area (Å²) in [5.41, 5.74) is 6.54. The van der Waals surface area contributed by atoms with Gasteiger partial charge in [0.1, 0.15) is 6.04 Å². The molecule has 90 valence electrons. The maximum Gasteiger partial charge on any atom is 0.323 e. The van der Waals surface area contributed by atoms with Crippen LogP contribution in [0.4, 0.5) is 0 Å². The number of carbonyl (C=O) groups is 1. The Bertz CT molecular complexity index is 309. The molecule has 0 saturated heterocycles. The molecule has 1 rings (SSSR count). The van der Waals surface area contributed by atoms with Crippen LogP contribution in [-0.2, 0) is 16.0 Å². The first-order valence-corrected chi connectivity index (χ1v) is 5.49. The number of carbonyl (C=O) groups excluding carboxylic acids is 1. The van der Waals surface area contributed by atoms with Crippen LogP contribution in [0.5, 0.6) is 0 Å². The molecular formula is C11H19N3O2. The van der Waals surface area contributed by atoms with E-state index in [1.807, 2.05) is 0 Å². The molecule has 0 bridgehead atoms. The molecule has 0 aromatic carbocycles. The van der Waals surface area contributed by atoms with Gasteiger partial charge in [0.05, 0.1) is 12.9 Å². The molecule has 1 heterocycles. The molecule has 0 fully saturated rings. The Labute approximate surface area is 95.4 Å². The number of ether oxygens (including phenoxy) is 1. The van der Waals surface area contributed by atoms with E-state index in [2.05, 4.69) is 23.8 Å². The number of imidazole rings is 1. The van der Waals surface area contributed by atoms with Crippen molar-refractivity contribution in [1.29, 1.82) is 0 Å². The molecule has 0 radical (unpaired) electrons. The summed E-state index contributed by atoms with van der Waals surface area (Å²) in [6.45, 7) is 4.60. The first kappa shape index (κ1) is 12.7. The molecule has 5 heteroatoms. The standard InChI is InChI=1S/C11H19N3O2/c1-8(2)3-4-16-11(15)10(12)5-9-6-13-7-14-9/h6-8,10H,3-5,12H2,1-2H3,(H,13,14). The number of esters is 1. The van der Waals surface area contributed by atoms with Gasteiger partial charge in [-0.05, 0) is 12.3 Å². The van der Waals surface area contributed by atoms with Gasteiger partial charge in [0.25, 0.3) is 0 Å². The van der Waals surface area contributed by atoms with Gasteiger partial charge in [-0.1, -0.05) is 13.8 Å². The summed E-state index contributed by atoms with van der Waals surface area (Å²) in [6, 6.07) is -0.618. The number of hydrogen-bond acceptors (Lipinski definition) is 4. The number of aromatic amines is 1. The van der Waals surface area contributed by atoms with Crippen molar-refractivity contribution >= 4 is 5.97 Å². The van der Waals surface area contributed by atoms with Crippen LogP contribution < -0.4 is 5.73 Å². The minimum absolute atomic E-state index is 0.352. The molecular weight excluding hydrogens is 206 g/mol. The Morgan fingerprint density at radius 2 is 2.38 bits per heavy atom. The molecule has 16 heavy (non-hydrogen) atoms. The SMILES string of the molecule is CC(C)CCOC(=O)C(N)Cc1cnc[nH]1. The maximum atomic E-state index is 11.5. The lowest BCUT2D eigenvalue weighted by molar-refractivity contribution is -0.145. The largest absolute Gasteiger partial charge is 0.465 e.